The van der Waals surface area contributed by atoms with Gasteiger partial charge in [-0.05, 0) is 51.4 Å². The molecule has 0 aromatic rings. The monoisotopic (exact) mass is 1680 g/mol. The van der Waals surface area contributed by atoms with E-state index in [0.29, 0.717) is 32.1 Å². The van der Waals surface area contributed by atoms with E-state index in [0.717, 1.165) is 128 Å². The molecule has 1 aliphatic carbocycles. The van der Waals surface area contributed by atoms with E-state index in [1.54, 1.807) is 0 Å². The van der Waals surface area contributed by atoms with Crippen molar-refractivity contribution in [1.29, 1.82) is 0 Å². The Kier molecular flexibility index (Phi) is 64.4. The lowest BCUT2D eigenvalue weighted by Gasteiger charge is -2.50. The third-order valence-electron chi connectivity index (χ3n) is 23.0. The summed E-state index contributed by atoms with van der Waals surface area (Å²) in [5.74, 6) is -2.97. The lowest BCUT2D eigenvalue weighted by molar-refractivity contribution is -0.360. The molecule has 18 atom stereocenters. The van der Waals surface area contributed by atoms with Crippen LogP contribution in [0.1, 0.15) is 407 Å². The summed E-state index contributed by atoms with van der Waals surface area (Å²) >= 11 is 0. The van der Waals surface area contributed by atoms with Crippen LogP contribution < -0.4 is 0 Å². The van der Waals surface area contributed by atoms with E-state index in [9.17, 15) is 74.6 Å². The van der Waals surface area contributed by atoms with Gasteiger partial charge in [0.25, 0.3) is 0 Å². The van der Waals surface area contributed by atoms with Crippen LogP contribution in [-0.2, 0) is 70.7 Å². The van der Waals surface area contributed by atoms with E-state index in [4.69, 9.17) is 46.9 Å². The molecule has 2 heterocycles. The van der Waals surface area contributed by atoms with Gasteiger partial charge in [0.2, 0.25) is 0 Å². The fourth-order valence-corrected chi connectivity index (χ4v) is 16.5. The average molecular weight is 1680 g/mol. The van der Waals surface area contributed by atoms with E-state index in [1.807, 2.05) is 0 Å². The van der Waals surface area contributed by atoms with Crippen LogP contribution in [0.25, 0.3) is 0 Å². The van der Waals surface area contributed by atoms with Crippen LogP contribution in [0.4, 0.5) is 0 Å². The van der Waals surface area contributed by atoms with Crippen molar-refractivity contribution in [3.05, 3.63) is 12.2 Å². The summed E-state index contributed by atoms with van der Waals surface area (Å²) in [6.45, 7) is 5.59. The first-order chi connectivity index (χ1) is 56.2. The number of hydrogen-bond acceptors (Lipinski definition) is 24. The van der Waals surface area contributed by atoms with Gasteiger partial charge < -0.3 is 88.7 Å². The van der Waals surface area contributed by atoms with Crippen molar-refractivity contribution in [2.75, 3.05) is 26.4 Å². The molecular weight excluding hydrogens is 1510 g/mol. The molecule has 3 rings (SSSR count). The fraction of sp³-hybridized carbons (Fsp3) is 0.933. The van der Waals surface area contributed by atoms with Gasteiger partial charge in [0.1, 0.15) is 92.6 Å². The van der Waals surface area contributed by atoms with Gasteiger partial charge in [-0.25, -0.2) is 4.57 Å². The molecule has 3 aliphatic rings. The van der Waals surface area contributed by atoms with Crippen molar-refractivity contribution in [3.63, 3.8) is 0 Å². The average Bonchev–Trinajstić information content (AvgIpc) is 0.754. The molecule has 0 spiro atoms. The first kappa shape index (κ1) is 107. The Hall–Kier alpha value is -2.79. The lowest BCUT2D eigenvalue weighted by atomic mass is 9.84. The number of esters is 4. The first-order valence-corrected chi connectivity index (χ1v) is 48.4. The molecule has 2 saturated heterocycles. The maximum Gasteiger partial charge on any atom is 0.472 e. The zero-order chi connectivity index (χ0) is 84.7. The molecule has 0 amide bonds. The molecule has 682 valence electrons. The summed E-state index contributed by atoms with van der Waals surface area (Å²) in [6.07, 6.45) is 27.8. The third-order valence-corrected chi connectivity index (χ3v) is 24.0. The smallest absolute Gasteiger partial charge is 0.463 e. The number of allylic oxidation sites excluding steroid dienone is 2. The van der Waals surface area contributed by atoms with E-state index in [2.05, 4.69) is 39.8 Å². The summed E-state index contributed by atoms with van der Waals surface area (Å²) in [5.41, 5.74) is 0. The highest BCUT2D eigenvalue weighted by Crippen LogP contribution is 2.49. The topological polar surface area (TPSA) is 380 Å². The Morgan fingerprint density at radius 1 is 0.336 bits per heavy atom. The minimum atomic E-state index is -5.80. The van der Waals surface area contributed by atoms with Crippen molar-refractivity contribution >= 4 is 31.7 Å². The molecule has 26 heteroatoms. The third kappa shape index (κ3) is 49.5. The molecule has 1 saturated carbocycles. The van der Waals surface area contributed by atoms with E-state index >= 15 is 0 Å². The quantitative estimate of drug-likeness (QED) is 0.00889. The molecule has 0 aromatic heterocycles. The summed E-state index contributed by atoms with van der Waals surface area (Å²) in [6, 6.07) is 0. The number of unbranched alkanes of at least 4 members (excludes halogenated alkanes) is 50. The maximum atomic E-state index is 14.9. The van der Waals surface area contributed by atoms with Gasteiger partial charge in [-0.3, -0.25) is 28.2 Å². The molecule has 10 N–H and O–H groups in total. The molecule has 25 nitrogen and oxygen atoms in total. The molecule has 0 radical (unpaired) electrons. The SMILES string of the molecule is CCCCCCCC/C=C\CCCCCC(=O)OCC(COP(=O)(O)OC1C(OC2OC(CO)C(O)C(O)C2O)C(O)C(O)C(OC(=O)CCCCCCCCCCCCCCCCCC)C1OC1OC(COC(=O)CCCCCCCCCCCCCCCCC)C(O)C(O)C1O)OC(=O)CCCCCCCCCCCCCCC. The van der Waals surface area contributed by atoms with E-state index in [1.165, 1.54) is 193 Å². The first-order valence-electron chi connectivity index (χ1n) is 46.9. The number of aliphatic hydroxyl groups is 9. The van der Waals surface area contributed by atoms with Crippen LogP contribution in [0.5, 0.6) is 0 Å². The second kappa shape index (κ2) is 69.6. The Morgan fingerprint density at radius 2 is 0.647 bits per heavy atom. The van der Waals surface area contributed by atoms with Crippen molar-refractivity contribution in [2.45, 2.75) is 511 Å². The molecule has 3 fully saturated rings. The second-order valence-electron chi connectivity index (χ2n) is 33.5. The highest BCUT2D eigenvalue weighted by molar-refractivity contribution is 7.47. The number of ether oxygens (including phenoxy) is 8. The van der Waals surface area contributed by atoms with Crippen LogP contribution in [0.2, 0.25) is 0 Å². The largest absolute Gasteiger partial charge is 0.472 e. The van der Waals surface area contributed by atoms with Crippen LogP contribution >= 0.6 is 7.82 Å². The number of rotatable bonds is 76. The van der Waals surface area contributed by atoms with Crippen molar-refractivity contribution < 1.29 is 122 Å². The number of carbonyl (C=O) groups excluding carboxylic acids is 4. The van der Waals surface area contributed by atoms with Gasteiger partial charge in [0.05, 0.1) is 13.2 Å². The van der Waals surface area contributed by atoms with E-state index < -0.39 is 162 Å². The molecule has 2 aliphatic heterocycles. The highest BCUT2D eigenvalue weighted by atomic mass is 31.2. The molecule has 18 unspecified atom stereocenters. The summed E-state index contributed by atoms with van der Waals surface area (Å²) in [5, 5.41) is 102. The van der Waals surface area contributed by atoms with Gasteiger partial charge >= 0.3 is 31.7 Å². The van der Waals surface area contributed by atoms with Crippen LogP contribution in [0.3, 0.4) is 0 Å². The van der Waals surface area contributed by atoms with Gasteiger partial charge in [0, 0.05) is 25.7 Å². The van der Waals surface area contributed by atoms with Gasteiger partial charge in [0.15, 0.2) is 24.8 Å². The summed E-state index contributed by atoms with van der Waals surface area (Å²) in [4.78, 5) is 66.4. The molecule has 0 bridgehead atoms. The molecular formula is C90H167O25P. The Bertz CT molecular complexity index is 2460. The number of aliphatic hydroxyl groups excluding tert-OH is 9. The standard InChI is InChI=1S/C90H167O25P/c1-5-9-13-17-21-25-29-33-35-37-41-45-49-53-57-61-65-76(95)112-85-81(100)82(101)86(113-89-83(102)79(98)77(96)71(66-91)110-89)88(87(85)114-90-84(103)80(99)78(97)72(111-90)69-107-74(93)63-59-55-51-47-43-40-36-34-30-26-22-18-14-10-6-2)115-116(104,105)108-68-70(109-75(94)64-60-56-52-48-44-39-32-28-24-20-16-12-8-4)67-106-73(92)62-58-54-50-46-42-38-31-27-23-19-15-11-7-3/h38,42,70-72,77-91,96-103H,5-37,39-41,43-69H2,1-4H3,(H,104,105)/b42-38-. The van der Waals surface area contributed by atoms with Crippen molar-refractivity contribution in [2.24, 2.45) is 0 Å². The van der Waals surface area contributed by atoms with Gasteiger partial charge in [-0.2, -0.15) is 0 Å². The number of phosphoric acid groups is 1. The van der Waals surface area contributed by atoms with Crippen LogP contribution in [-0.4, -0.2) is 205 Å². The summed E-state index contributed by atoms with van der Waals surface area (Å²) < 4.78 is 73.4. The zero-order valence-corrected chi connectivity index (χ0v) is 73.5. The molecule has 116 heavy (non-hydrogen) atoms. The zero-order valence-electron chi connectivity index (χ0n) is 72.6. The minimum absolute atomic E-state index is 0.0166. The van der Waals surface area contributed by atoms with E-state index in [-0.39, 0.29) is 25.7 Å². The number of carbonyl (C=O) groups is 4. The highest BCUT2D eigenvalue weighted by Gasteiger charge is 2.60. The lowest BCUT2D eigenvalue weighted by Crippen LogP contribution is -2.70. The number of phosphoric ester groups is 1. The van der Waals surface area contributed by atoms with Crippen LogP contribution in [0, 0.1) is 0 Å². The summed E-state index contributed by atoms with van der Waals surface area (Å²) in [7, 11) is -5.80. The maximum absolute atomic E-state index is 14.9. The predicted octanol–water partition coefficient (Wildman–Crippen LogP) is 17.2. The van der Waals surface area contributed by atoms with Crippen molar-refractivity contribution in [1.82, 2.24) is 0 Å². The van der Waals surface area contributed by atoms with Gasteiger partial charge in [-0.1, -0.05) is 342 Å². The minimum Gasteiger partial charge on any atom is -0.463 e. The Labute approximate surface area is 699 Å². The van der Waals surface area contributed by atoms with Crippen LogP contribution in [0.15, 0.2) is 12.2 Å². The predicted molar refractivity (Wildman–Crippen MR) is 449 cm³/mol. The number of hydrogen-bond donors (Lipinski definition) is 10. The fourth-order valence-electron chi connectivity index (χ4n) is 15.5. The Morgan fingerprint density at radius 3 is 1.03 bits per heavy atom. The molecule has 0 aromatic carbocycles. The Balaban J connectivity index is 1.92. The normalized spacial score (nSPS) is 25.2. The van der Waals surface area contributed by atoms with Gasteiger partial charge in [-0.15, -0.1) is 0 Å². The second-order valence-corrected chi connectivity index (χ2v) is 34.9. The van der Waals surface area contributed by atoms with Crippen molar-refractivity contribution in [3.8, 4) is 0 Å².